The molecule has 1 heterocycles. The molecule has 0 fully saturated rings. The number of halogens is 1. The molecular weight excluding hydrogens is 340 g/mol. The molecule has 0 amide bonds. The van der Waals surface area contributed by atoms with Crippen molar-refractivity contribution in [3.8, 4) is 22.3 Å². The fraction of sp³-hybridized carbons (Fsp3) is 0. The van der Waals surface area contributed by atoms with Crippen LogP contribution in [0.15, 0.2) is 95.4 Å². The van der Waals surface area contributed by atoms with E-state index in [1.807, 2.05) is 24.3 Å². The molecule has 0 unspecified atom stereocenters. The highest BCUT2D eigenvalue weighted by Gasteiger charge is 2.12. The zero-order chi connectivity index (χ0) is 17.5. The molecule has 0 saturated carbocycles. The standard InChI is InChI=1S/C24H15ClO/c25-22-12-6-11-21-20-14-13-17(15-23(20)26-24(21)22)19-10-5-4-9-18(19)16-7-2-1-3-8-16/h1-15H. The second kappa shape index (κ2) is 6.05. The lowest BCUT2D eigenvalue weighted by Gasteiger charge is -2.10. The Balaban J connectivity index is 1.74. The van der Waals surface area contributed by atoms with Crippen LogP contribution in [0.3, 0.4) is 0 Å². The van der Waals surface area contributed by atoms with Gasteiger partial charge in [0.25, 0.3) is 0 Å². The van der Waals surface area contributed by atoms with E-state index in [1.54, 1.807) is 0 Å². The highest BCUT2D eigenvalue weighted by Crippen LogP contribution is 2.37. The highest BCUT2D eigenvalue weighted by molar-refractivity contribution is 6.35. The first-order valence-corrected chi connectivity index (χ1v) is 8.95. The van der Waals surface area contributed by atoms with Gasteiger partial charge in [-0.25, -0.2) is 0 Å². The number of fused-ring (bicyclic) bond motifs is 3. The van der Waals surface area contributed by atoms with E-state index in [2.05, 4.69) is 66.7 Å². The van der Waals surface area contributed by atoms with Gasteiger partial charge in [-0.2, -0.15) is 0 Å². The van der Waals surface area contributed by atoms with E-state index in [1.165, 1.54) is 16.7 Å². The number of hydrogen-bond acceptors (Lipinski definition) is 1. The fourth-order valence-electron chi connectivity index (χ4n) is 3.54. The van der Waals surface area contributed by atoms with Crippen LogP contribution in [0.25, 0.3) is 44.2 Å². The summed E-state index contributed by atoms with van der Waals surface area (Å²) in [7, 11) is 0. The van der Waals surface area contributed by atoms with Gasteiger partial charge >= 0.3 is 0 Å². The first kappa shape index (κ1) is 15.2. The molecule has 0 saturated heterocycles. The van der Waals surface area contributed by atoms with Crippen molar-refractivity contribution in [2.24, 2.45) is 0 Å². The molecular formula is C24H15ClO. The van der Waals surface area contributed by atoms with Gasteiger partial charge in [0.05, 0.1) is 5.02 Å². The molecule has 0 radical (unpaired) electrons. The molecule has 0 aliphatic carbocycles. The number of rotatable bonds is 2. The number of hydrogen-bond donors (Lipinski definition) is 0. The Kier molecular flexibility index (Phi) is 3.55. The third-order valence-electron chi connectivity index (χ3n) is 4.77. The number of furan rings is 1. The van der Waals surface area contributed by atoms with Gasteiger partial charge in [-0.15, -0.1) is 0 Å². The van der Waals surface area contributed by atoms with Gasteiger partial charge in [-0.05, 0) is 40.5 Å². The van der Waals surface area contributed by atoms with Gasteiger partial charge in [-0.1, -0.05) is 84.4 Å². The lowest BCUT2D eigenvalue weighted by atomic mass is 9.94. The fourth-order valence-corrected chi connectivity index (χ4v) is 3.75. The van der Waals surface area contributed by atoms with E-state index in [9.17, 15) is 0 Å². The number of benzene rings is 4. The Morgan fingerprint density at radius 1 is 0.577 bits per heavy atom. The van der Waals surface area contributed by atoms with Crippen LogP contribution in [0, 0.1) is 0 Å². The maximum Gasteiger partial charge on any atom is 0.153 e. The predicted octanol–water partition coefficient (Wildman–Crippen LogP) is 7.57. The second-order valence-electron chi connectivity index (χ2n) is 6.34. The molecule has 0 N–H and O–H groups in total. The van der Waals surface area contributed by atoms with Crippen LogP contribution in [0.1, 0.15) is 0 Å². The molecule has 4 aromatic carbocycles. The summed E-state index contributed by atoms with van der Waals surface area (Å²) in [5.41, 5.74) is 6.34. The van der Waals surface area contributed by atoms with E-state index in [-0.39, 0.29) is 0 Å². The Labute approximate surface area is 156 Å². The smallest absolute Gasteiger partial charge is 0.153 e. The monoisotopic (exact) mass is 354 g/mol. The van der Waals surface area contributed by atoms with Crippen LogP contribution < -0.4 is 0 Å². The lowest BCUT2D eigenvalue weighted by Crippen LogP contribution is -1.84. The summed E-state index contributed by atoms with van der Waals surface area (Å²) in [6.45, 7) is 0. The van der Waals surface area contributed by atoms with Crippen molar-refractivity contribution in [3.05, 3.63) is 96.0 Å². The quantitative estimate of drug-likeness (QED) is 0.318. The van der Waals surface area contributed by atoms with Gasteiger partial charge in [0, 0.05) is 10.8 Å². The summed E-state index contributed by atoms with van der Waals surface area (Å²) in [6.07, 6.45) is 0. The van der Waals surface area contributed by atoms with Crippen molar-refractivity contribution in [2.75, 3.05) is 0 Å². The van der Waals surface area contributed by atoms with Crippen molar-refractivity contribution in [1.82, 2.24) is 0 Å². The average molecular weight is 355 g/mol. The van der Waals surface area contributed by atoms with Crippen LogP contribution in [0.2, 0.25) is 5.02 Å². The van der Waals surface area contributed by atoms with Crippen LogP contribution >= 0.6 is 11.6 Å². The lowest BCUT2D eigenvalue weighted by molar-refractivity contribution is 0.669. The third-order valence-corrected chi connectivity index (χ3v) is 5.07. The average Bonchev–Trinajstić information content (AvgIpc) is 3.08. The SMILES string of the molecule is Clc1cccc2c1oc1cc(-c3ccccc3-c3ccccc3)ccc12. The maximum absolute atomic E-state index is 6.30. The van der Waals surface area contributed by atoms with Crippen LogP contribution in [-0.4, -0.2) is 0 Å². The van der Waals surface area contributed by atoms with Gasteiger partial charge in [0.15, 0.2) is 5.58 Å². The van der Waals surface area contributed by atoms with Crippen molar-refractivity contribution in [2.45, 2.75) is 0 Å². The van der Waals surface area contributed by atoms with E-state index in [0.717, 1.165) is 27.5 Å². The summed E-state index contributed by atoms with van der Waals surface area (Å²) in [6, 6.07) is 31.1. The van der Waals surface area contributed by atoms with Crippen LogP contribution in [0.4, 0.5) is 0 Å². The van der Waals surface area contributed by atoms with Gasteiger partial charge in [0.1, 0.15) is 5.58 Å². The van der Waals surface area contributed by atoms with Crippen LogP contribution in [0.5, 0.6) is 0 Å². The van der Waals surface area contributed by atoms with Gasteiger partial charge in [0.2, 0.25) is 0 Å². The minimum atomic E-state index is 0.643. The van der Waals surface area contributed by atoms with Crippen molar-refractivity contribution in [1.29, 1.82) is 0 Å². The minimum Gasteiger partial charge on any atom is -0.454 e. The summed E-state index contributed by atoms with van der Waals surface area (Å²) < 4.78 is 6.06. The molecule has 1 aromatic heterocycles. The molecule has 1 nitrogen and oxygen atoms in total. The highest BCUT2D eigenvalue weighted by atomic mass is 35.5. The van der Waals surface area contributed by atoms with Crippen LogP contribution in [-0.2, 0) is 0 Å². The largest absolute Gasteiger partial charge is 0.454 e. The minimum absolute atomic E-state index is 0.643. The molecule has 0 aliphatic rings. The molecule has 2 heteroatoms. The van der Waals surface area contributed by atoms with E-state index in [0.29, 0.717) is 5.02 Å². The normalized spacial score (nSPS) is 11.3. The van der Waals surface area contributed by atoms with E-state index >= 15 is 0 Å². The Morgan fingerprint density at radius 3 is 2.12 bits per heavy atom. The first-order chi connectivity index (χ1) is 12.8. The molecule has 5 aromatic rings. The van der Waals surface area contributed by atoms with Gasteiger partial charge in [-0.3, -0.25) is 0 Å². The molecule has 0 aliphatic heterocycles. The zero-order valence-electron chi connectivity index (χ0n) is 13.9. The maximum atomic E-state index is 6.30. The van der Waals surface area contributed by atoms with Crippen molar-refractivity contribution < 1.29 is 4.42 Å². The summed E-state index contributed by atoms with van der Waals surface area (Å²) >= 11 is 6.30. The third kappa shape index (κ3) is 2.40. The second-order valence-corrected chi connectivity index (χ2v) is 6.75. The summed E-state index contributed by atoms with van der Waals surface area (Å²) in [5, 5.41) is 2.78. The van der Waals surface area contributed by atoms with Gasteiger partial charge < -0.3 is 4.42 Å². The molecule has 5 rings (SSSR count). The zero-order valence-corrected chi connectivity index (χ0v) is 14.7. The Hall–Kier alpha value is -3.03. The predicted molar refractivity (Wildman–Crippen MR) is 110 cm³/mol. The Bertz CT molecular complexity index is 1240. The topological polar surface area (TPSA) is 13.1 Å². The van der Waals surface area contributed by atoms with E-state index in [4.69, 9.17) is 16.0 Å². The van der Waals surface area contributed by atoms with E-state index < -0.39 is 0 Å². The first-order valence-electron chi connectivity index (χ1n) is 8.57. The molecule has 0 atom stereocenters. The Morgan fingerprint density at radius 2 is 1.31 bits per heavy atom. The number of para-hydroxylation sites is 1. The summed E-state index contributed by atoms with van der Waals surface area (Å²) in [4.78, 5) is 0. The molecule has 124 valence electrons. The summed E-state index contributed by atoms with van der Waals surface area (Å²) in [5.74, 6) is 0. The van der Waals surface area contributed by atoms with Crippen molar-refractivity contribution >= 4 is 33.5 Å². The molecule has 0 bridgehead atoms. The molecule has 26 heavy (non-hydrogen) atoms. The molecule has 0 spiro atoms. The van der Waals surface area contributed by atoms with Crippen molar-refractivity contribution in [3.63, 3.8) is 0 Å².